The van der Waals surface area contributed by atoms with Crippen LogP contribution in [0.5, 0.6) is 0 Å². The molecule has 0 saturated carbocycles. The Bertz CT molecular complexity index is 1160. The number of rotatable bonds is 6. The zero-order valence-corrected chi connectivity index (χ0v) is 17.7. The smallest absolute Gasteiger partial charge is 0.380 e. The summed E-state index contributed by atoms with van der Waals surface area (Å²) in [6.07, 6.45) is -1.99. The van der Waals surface area contributed by atoms with Crippen molar-refractivity contribution in [3.05, 3.63) is 65.9 Å². The summed E-state index contributed by atoms with van der Waals surface area (Å²) < 4.78 is 58.0. The van der Waals surface area contributed by atoms with Crippen LogP contribution in [0, 0.1) is 5.82 Å². The van der Waals surface area contributed by atoms with E-state index in [2.05, 4.69) is 30.8 Å². The number of pyridine rings is 1. The first-order valence-electron chi connectivity index (χ1n) is 10.1. The highest BCUT2D eigenvalue weighted by atomic mass is 19.4. The molecule has 0 aliphatic carbocycles. The molecule has 9 nitrogen and oxygen atoms in total. The van der Waals surface area contributed by atoms with Gasteiger partial charge in [0.05, 0.1) is 36.9 Å². The van der Waals surface area contributed by atoms with Crippen LogP contribution in [0.3, 0.4) is 0 Å². The molecular formula is C21H20F4N8O. The number of nitrogens with one attached hydrogen (secondary N) is 2. The van der Waals surface area contributed by atoms with Crippen LogP contribution < -0.4 is 21.4 Å². The summed E-state index contributed by atoms with van der Waals surface area (Å²) in [6, 6.07) is 7.95. The van der Waals surface area contributed by atoms with Crippen molar-refractivity contribution in [1.82, 2.24) is 15.0 Å². The maximum absolute atomic E-state index is 14.1. The number of benzene rings is 1. The third kappa shape index (κ3) is 5.67. The van der Waals surface area contributed by atoms with Gasteiger partial charge in [-0.15, -0.1) is 0 Å². The Morgan fingerprint density at radius 1 is 1.06 bits per heavy atom. The van der Waals surface area contributed by atoms with Crippen molar-refractivity contribution in [3.63, 3.8) is 0 Å². The predicted molar refractivity (Wildman–Crippen MR) is 118 cm³/mol. The van der Waals surface area contributed by atoms with Crippen molar-refractivity contribution in [1.29, 1.82) is 0 Å². The van der Waals surface area contributed by atoms with E-state index >= 15 is 0 Å². The highest BCUT2D eigenvalue weighted by Crippen LogP contribution is 2.31. The van der Waals surface area contributed by atoms with E-state index in [1.165, 1.54) is 18.3 Å². The Kier molecular flexibility index (Phi) is 6.72. The van der Waals surface area contributed by atoms with Crippen molar-refractivity contribution in [2.45, 2.75) is 6.18 Å². The summed E-state index contributed by atoms with van der Waals surface area (Å²) in [5.74, 6) is -0.368. The number of aromatic nitrogens is 3. The number of hydrazone groups is 1. The Hall–Kier alpha value is -4.00. The number of anilines is 4. The Morgan fingerprint density at radius 3 is 2.56 bits per heavy atom. The van der Waals surface area contributed by atoms with Crippen LogP contribution in [-0.2, 0) is 10.9 Å². The number of ether oxygens (including phenoxy) is 1. The standard InChI is InChI=1S/C21H20F4N8O/c22-16-12-28-20(30-19(16)33-6-8-34-9-7-33)32-31-18(26)17-5-4-15(11-27-17)29-14-3-1-2-13(10-14)21(23,24)25/h1-5,10-12,29H,6-9H2,(H2,26,31)(H,28,30,32). The van der Waals surface area contributed by atoms with Crippen LogP contribution in [0.1, 0.15) is 11.3 Å². The highest BCUT2D eigenvalue weighted by Gasteiger charge is 2.30. The maximum Gasteiger partial charge on any atom is 0.416 e. The van der Waals surface area contributed by atoms with Gasteiger partial charge in [0, 0.05) is 18.8 Å². The van der Waals surface area contributed by atoms with Crippen LogP contribution in [0.15, 0.2) is 53.9 Å². The summed E-state index contributed by atoms with van der Waals surface area (Å²) in [5.41, 5.74) is 8.79. The van der Waals surface area contributed by atoms with Crippen LogP contribution in [0.25, 0.3) is 0 Å². The van der Waals surface area contributed by atoms with Gasteiger partial charge in [-0.05, 0) is 30.3 Å². The molecule has 0 unspecified atom stereocenters. The molecule has 1 aromatic carbocycles. The molecular weight excluding hydrogens is 456 g/mol. The van der Waals surface area contributed by atoms with Crippen molar-refractivity contribution in [3.8, 4) is 0 Å². The van der Waals surface area contributed by atoms with Gasteiger partial charge in [0.1, 0.15) is 5.69 Å². The second kappa shape index (κ2) is 9.87. The molecule has 13 heteroatoms. The molecule has 0 radical (unpaired) electrons. The number of nitrogens with zero attached hydrogens (tertiary/aromatic N) is 5. The fraction of sp³-hybridized carbons (Fsp3) is 0.238. The summed E-state index contributed by atoms with van der Waals surface area (Å²) in [6.45, 7) is 1.95. The van der Waals surface area contributed by atoms with Crippen LogP contribution in [0.2, 0.25) is 0 Å². The summed E-state index contributed by atoms with van der Waals surface area (Å²) in [5, 5.41) is 6.83. The quantitative estimate of drug-likeness (QED) is 0.215. The van der Waals surface area contributed by atoms with Crippen molar-refractivity contribution < 1.29 is 22.3 Å². The molecule has 0 bridgehead atoms. The fourth-order valence-electron chi connectivity index (χ4n) is 3.14. The molecule has 0 spiro atoms. The van der Waals surface area contributed by atoms with Gasteiger partial charge in [0.2, 0.25) is 5.95 Å². The van der Waals surface area contributed by atoms with Gasteiger partial charge < -0.3 is 20.7 Å². The van der Waals surface area contributed by atoms with E-state index in [4.69, 9.17) is 10.5 Å². The normalized spacial score (nSPS) is 14.7. The minimum atomic E-state index is -4.44. The van der Waals surface area contributed by atoms with E-state index in [9.17, 15) is 17.6 Å². The van der Waals surface area contributed by atoms with Crippen LogP contribution in [0.4, 0.5) is 40.7 Å². The van der Waals surface area contributed by atoms with E-state index < -0.39 is 17.6 Å². The van der Waals surface area contributed by atoms with E-state index in [0.29, 0.717) is 37.7 Å². The van der Waals surface area contributed by atoms with Crippen molar-refractivity contribution in [2.75, 3.05) is 41.9 Å². The van der Waals surface area contributed by atoms with Crippen LogP contribution >= 0.6 is 0 Å². The molecule has 1 aliphatic rings. The Balaban J connectivity index is 1.42. The lowest BCUT2D eigenvalue weighted by atomic mass is 10.2. The summed E-state index contributed by atoms with van der Waals surface area (Å²) in [7, 11) is 0. The van der Waals surface area contributed by atoms with Gasteiger partial charge in [-0.2, -0.15) is 23.3 Å². The maximum atomic E-state index is 14.1. The number of halogens is 4. The second-order valence-electron chi connectivity index (χ2n) is 7.21. The molecule has 1 aliphatic heterocycles. The van der Waals surface area contributed by atoms with Gasteiger partial charge in [0.15, 0.2) is 17.5 Å². The largest absolute Gasteiger partial charge is 0.416 e. The monoisotopic (exact) mass is 476 g/mol. The van der Waals surface area contributed by atoms with Gasteiger partial charge in [-0.1, -0.05) is 6.07 Å². The molecule has 2 aromatic heterocycles. The van der Waals surface area contributed by atoms with Crippen LogP contribution in [-0.4, -0.2) is 47.1 Å². The number of morpholine rings is 1. The summed E-state index contributed by atoms with van der Waals surface area (Å²) in [4.78, 5) is 13.9. The van der Waals surface area contributed by atoms with E-state index in [0.717, 1.165) is 18.3 Å². The van der Waals surface area contributed by atoms with Gasteiger partial charge in [0.25, 0.3) is 0 Å². The number of hydrogen-bond donors (Lipinski definition) is 3. The fourth-order valence-corrected chi connectivity index (χ4v) is 3.14. The number of alkyl halides is 3. The lowest BCUT2D eigenvalue weighted by Crippen LogP contribution is -2.37. The van der Waals surface area contributed by atoms with Gasteiger partial charge in [-0.25, -0.2) is 14.8 Å². The first-order chi connectivity index (χ1) is 16.3. The zero-order valence-electron chi connectivity index (χ0n) is 17.7. The molecule has 34 heavy (non-hydrogen) atoms. The Morgan fingerprint density at radius 2 is 1.85 bits per heavy atom. The summed E-state index contributed by atoms with van der Waals surface area (Å²) >= 11 is 0. The van der Waals surface area contributed by atoms with E-state index in [1.807, 2.05) is 0 Å². The molecule has 178 valence electrons. The van der Waals surface area contributed by atoms with Gasteiger partial charge in [-0.3, -0.25) is 4.98 Å². The lowest BCUT2D eigenvalue weighted by molar-refractivity contribution is -0.137. The minimum absolute atomic E-state index is 0.00599. The first-order valence-corrected chi connectivity index (χ1v) is 10.1. The SMILES string of the molecule is N/C(=N\Nc1ncc(F)c(N2CCOCC2)n1)c1ccc(Nc2cccc(C(F)(F)F)c2)cn1. The predicted octanol–water partition coefficient (Wildman–Crippen LogP) is 3.34. The molecule has 0 atom stereocenters. The van der Waals surface area contributed by atoms with Crippen molar-refractivity contribution in [2.24, 2.45) is 10.8 Å². The average Bonchev–Trinajstić information content (AvgIpc) is 2.84. The molecule has 4 rings (SSSR count). The van der Waals surface area contributed by atoms with E-state index in [-0.39, 0.29) is 23.3 Å². The van der Waals surface area contributed by atoms with Crippen molar-refractivity contribution >= 4 is 29.0 Å². The Labute approximate surface area is 191 Å². The molecule has 4 N–H and O–H groups in total. The molecule has 3 heterocycles. The molecule has 1 fully saturated rings. The zero-order chi connectivity index (χ0) is 24.1. The highest BCUT2D eigenvalue weighted by molar-refractivity contribution is 5.96. The van der Waals surface area contributed by atoms with E-state index in [1.54, 1.807) is 17.0 Å². The molecule has 1 saturated heterocycles. The number of hydrogen-bond acceptors (Lipinski definition) is 8. The topological polar surface area (TPSA) is 114 Å². The molecule has 0 amide bonds. The average molecular weight is 476 g/mol. The minimum Gasteiger partial charge on any atom is -0.380 e. The molecule has 3 aromatic rings. The number of nitrogens with two attached hydrogens (primary N) is 1. The second-order valence-corrected chi connectivity index (χ2v) is 7.21. The third-order valence-corrected chi connectivity index (χ3v) is 4.82. The number of amidine groups is 1. The first kappa shape index (κ1) is 23.2. The van der Waals surface area contributed by atoms with Gasteiger partial charge >= 0.3 is 6.18 Å². The third-order valence-electron chi connectivity index (χ3n) is 4.82. The lowest BCUT2D eigenvalue weighted by Gasteiger charge is -2.27.